The van der Waals surface area contributed by atoms with Gasteiger partial charge in [0.1, 0.15) is 0 Å². The first-order valence-electron chi connectivity index (χ1n) is 8.11. The highest BCUT2D eigenvalue weighted by molar-refractivity contribution is 7.09. The monoisotopic (exact) mass is 363 g/mol. The van der Waals surface area contributed by atoms with Crippen molar-refractivity contribution in [3.63, 3.8) is 0 Å². The van der Waals surface area contributed by atoms with E-state index in [-0.39, 0.29) is 5.91 Å². The van der Waals surface area contributed by atoms with Gasteiger partial charge in [-0.15, -0.1) is 11.3 Å². The van der Waals surface area contributed by atoms with E-state index < -0.39 is 0 Å². The molecule has 1 amide bonds. The minimum atomic E-state index is 0.176. The third-order valence-electron chi connectivity index (χ3n) is 4.32. The molecule has 1 saturated heterocycles. The number of carbonyl (C=O) groups excluding carboxylic acids is 1. The number of anilines is 1. The smallest absolute Gasteiger partial charge is 0.236 e. The van der Waals surface area contributed by atoms with Gasteiger partial charge in [0.05, 0.1) is 23.8 Å². The van der Waals surface area contributed by atoms with Crippen LogP contribution in [0.2, 0.25) is 5.02 Å². The average Bonchev–Trinajstić information content (AvgIpc) is 3.09. The highest BCUT2D eigenvalue weighted by Gasteiger charge is 2.21. The topological polar surface area (TPSA) is 26.8 Å². The number of piperazine rings is 1. The second-order valence-corrected chi connectivity index (χ2v) is 7.48. The zero-order valence-corrected chi connectivity index (χ0v) is 15.4. The van der Waals surface area contributed by atoms with Crippen LogP contribution in [0, 0.1) is 0 Å². The molecule has 0 N–H and O–H groups in total. The third kappa shape index (κ3) is 4.29. The largest absolute Gasteiger partial charge is 0.368 e. The van der Waals surface area contributed by atoms with Crippen molar-refractivity contribution in [2.45, 2.75) is 6.54 Å². The summed E-state index contributed by atoms with van der Waals surface area (Å²) in [4.78, 5) is 19.9. The lowest BCUT2D eigenvalue weighted by atomic mass is 10.2. The molecule has 1 aromatic heterocycles. The molecule has 0 saturated carbocycles. The molecule has 128 valence electrons. The fraction of sp³-hybridized carbons (Fsp3) is 0.389. The zero-order valence-electron chi connectivity index (χ0n) is 13.8. The summed E-state index contributed by atoms with van der Waals surface area (Å²) in [5, 5.41) is 2.83. The van der Waals surface area contributed by atoms with E-state index >= 15 is 0 Å². The number of likely N-dealkylation sites (N-methyl/N-ethyl adjacent to an activating group) is 1. The Morgan fingerprint density at radius 3 is 2.58 bits per heavy atom. The summed E-state index contributed by atoms with van der Waals surface area (Å²) in [7, 11) is 1.88. The number of halogens is 1. The van der Waals surface area contributed by atoms with Crippen LogP contribution in [0.4, 0.5) is 5.69 Å². The molecule has 2 aromatic rings. The van der Waals surface area contributed by atoms with Gasteiger partial charge in [0.25, 0.3) is 0 Å². The molecule has 0 atom stereocenters. The summed E-state index contributed by atoms with van der Waals surface area (Å²) in [6.07, 6.45) is 0. The molecule has 24 heavy (non-hydrogen) atoms. The van der Waals surface area contributed by atoms with Crippen molar-refractivity contribution >= 4 is 34.5 Å². The highest BCUT2D eigenvalue weighted by atomic mass is 35.5. The van der Waals surface area contributed by atoms with Gasteiger partial charge >= 0.3 is 0 Å². The summed E-state index contributed by atoms with van der Waals surface area (Å²) >= 11 is 7.96. The van der Waals surface area contributed by atoms with Gasteiger partial charge in [-0.1, -0.05) is 29.8 Å². The van der Waals surface area contributed by atoms with Crippen molar-refractivity contribution < 1.29 is 4.79 Å². The minimum Gasteiger partial charge on any atom is -0.368 e. The first-order chi connectivity index (χ1) is 11.6. The summed E-state index contributed by atoms with van der Waals surface area (Å²) in [6, 6.07) is 12.0. The normalized spacial score (nSPS) is 15.5. The van der Waals surface area contributed by atoms with Gasteiger partial charge < -0.3 is 9.80 Å². The third-order valence-corrected chi connectivity index (χ3v) is 5.50. The van der Waals surface area contributed by atoms with Gasteiger partial charge in [-0.25, -0.2) is 0 Å². The molecule has 0 aliphatic carbocycles. The van der Waals surface area contributed by atoms with Crippen LogP contribution >= 0.6 is 22.9 Å². The molecule has 3 rings (SSSR count). The number of hydrogen-bond donors (Lipinski definition) is 0. The summed E-state index contributed by atoms with van der Waals surface area (Å²) in [5.41, 5.74) is 1.08. The van der Waals surface area contributed by atoms with E-state index in [4.69, 9.17) is 11.6 Å². The number of nitrogens with zero attached hydrogens (tertiary/aromatic N) is 3. The second-order valence-electron chi connectivity index (χ2n) is 6.04. The number of thiophene rings is 1. The molecule has 0 bridgehead atoms. The van der Waals surface area contributed by atoms with Crippen LogP contribution in [0.5, 0.6) is 0 Å². The molecule has 1 aromatic carbocycles. The number of amides is 1. The zero-order chi connectivity index (χ0) is 16.9. The lowest BCUT2D eigenvalue weighted by Gasteiger charge is -2.36. The molecule has 1 aliphatic heterocycles. The van der Waals surface area contributed by atoms with Crippen molar-refractivity contribution in [1.29, 1.82) is 0 Å². The van der Waals surface area contributed by atoms with E-state index in [1.54, 1.807) is 11.3 Å². The molecule has 2 heterocycles. The van der Waals surface area contributed by atoms with E-state index in [1.165, 1.54) is 4.88 Å². The molecule has 1 aliphatic rings. The first-order valence-corrected chi connectivity index (χ1v) is 9.37. The summed E-state index contributed by atoms with van der Waals surface area (Å²) in [5.74, 6) is 0.176. The quantitative estimate of drug-likeness (QED) is 0.816. The first kappa shape index (κ1) is 17.3. The maximum atomic E-state index is 12.4. The van der Waals surface area contributed by atoms with Gasteiger partial charge in [-0.3, -0.25) is 9.69 Å². The fourth-order valence-electron chi connectivity index (χ4n) is 2.89. The van der Waals surface area contributed by atoms with Crippen LogP contribution in [-0.4, -0.2) is 55.5 Å². The molecule has 0 spiro atoms. The number of benzene rings is 1. The number of para-hydroxylation sites is 1. The standard InChI is InChI=1S/C18H22ClN3OS/c1-20(13-15-5-4-12-24-15)18(23)14-21-8-10-22(11-9-21)17-7-3-2-6-16(17)19/h2-7,12H,8-11,13-14H2,1H3. The van der Waals surface area contributed by atoms with Crippen LogP contribution in [-0.2, 0) is 11.3 Å². The Balaban J connectivity index is 1.48. The van der Waals surface area contributed by atoms with Crippen molar-refractivity contribution in [1.82, 2.24) is 9.80 Å². The Bertz CT molecular complexity index is 669. The molecule has 1 fully saturated rings. The SMILES string of the molecule is CN(Cc1cccs1)C(=O)CN1CCN(c2ccccc2Cl)CC1. The van der Waals surface area contributed by atoms with Gasteiger partial charge in [0.2, 0.25) is 5.91 Å². The highest BCUT2D eigenvalue weighted by Crippen LogP contribution is 2.26. The van der Waals surface area contributed by atoms with Crippen LogP contribution < -0.4 is 4.90 Å². The molecule has 6 heteroatoms. The lowest BCUT2D eigenvalue weighted by molar-refractivity contribution is -0.131. The Morgan fingerprint density at radius 2 is 1.92 bits per heavy atom. The number of carbonyl (C=O) groups is 1. The van der Waals surface area contributed by atoms with Crippen LogP contribution in [0.3, 0.4) is 0 Å². The van der Waals surface area contributed by atoms with Gasteiger partial charge in [0, 0.05) is 38.1 Å². The Kier molecular flexibility index (Phi) is 5.76. The van der Waals surface area contributed by atoms with Crippen molar-refractivity contribution in [3.05, 3.63) is 51.7 Å². The summed E-state index contributed by atoms with van der Waals surface area (Å²) < 4.78 is 0. The Labute approximate surface area is 152 Å². The fourth-order valence-corrected chi connectivity index (χ4v) is 3.90. The predicted octanol–water partition coefficient (Wildman–Crippen LogP) is 3.18. The maximum absolute atomic E-state index is 12.4. The molecule has 0 radical (unpaired) electrons. The predicted molar refractivity (Wildman–Crippen MR) is 101 cm³/mol. The van der Waals surface area contributed by atoms with Crippen molar-refractivity contribution in [2.75, 3.05) is 44.7 Å². The van der Waals surface area contributed by atoms with E-state index in [1.807, 2.05) is 41.6 Å². The van der Waals surface area contributed by atoms with Crippen LogP contribution in [0.1, 0.15) is 4.88 Å². The minimum absolute atomic E-state index is 0.176. The maximum Gasteiger partial charge on any atom is 0.236 e. The van der Waals surface area contributed by atoms with Crippen molar-refractivity contribution in [3.8, 4) is 0 Å². The van der Waals surface area contributed by atoms with Gasteiger partial charge in [0.15, 0.2) is 0 Å². The van der Waals surface area contributed by atoms with E-state index in [9.17, 15) is 4.79 Å². The van der Waals surface area contributed by atoms with Crippen LogP contribution in [0.25, 0.3) is 0 Å². The molecular formula is C18H22ClN3OS. The van der Waals surface area contributed by atoms with E-state index in [0.717, 1.165) is 36.9 Å². The Hall–Kier alpha value is -1.56. The molecular weight excluding hydrogens is 342 g/mol. The van der Waals surface area contributed by atoms with Gasteiger partial charge in [-0.2, -0.15) is 0 Å². The lowest BCUT2D eigenvalue weighted by Crippen LogP contribution is -2.49. The number of rotatable bonds is 5. The van der Waals surface area contributed by atoms with E-state index in [0.29, 0.717) is 13.1 Å². The van der Waals surface area contributed by atoms with Gasteiger partial charge in [-0.05, 0) is 23.6 Å². The summed E-state index contributed by atoms with van der Waals surface area (Å²) in [6.45, 7) is 4.72. The van der Waals surface area contributed by atoms with Crippen molar-refractivity contribution in [2.24, 2.45) is 0 Å². The Morgan fingerprint density at radius 1 is 1.17 bits per heavy atom. The molecule has 0 unspecified atom stereocenters. The molecule has 4 nitrogen and oxygen atoms in total. The second kappa shape index (κ2) is 8.01. The van der Waals surface area contributed by atoms with E-state index in [2.05, 4.69) is 21.9 Å². The number of hydrogen-bond acceptors (Lipinski definition) is 4. The average molecular weight is 364 g/mol. The van der Waals surface area contributed by atoms with Crippen LogP contribution in [0.15, 0.2) is 41.8 Å².